The summed E-state index contributed by atoms with van der Waals surface area (Å²) in [5, 5.41) is 9.22. The second-order valence-corrected chi connectivity index (χ2v) is 5.18. The van der Waals surface area contributed by atoms with Crippen LogP contribution in [0.4, 0.5) is 0 Å². The lowest BCUT2D eigenvalue weighted by Crippen LogP contribution is -2.41. The van der Waals surface area contributed by atoms with Crippen molar-refractivity contribution in [2.45, 2.75) is 38.9 Å². The van der Waals surface area contributed by atoms with Crippen LogP contribution in [0.2, 0.25) is 0 Å². The summed E-state index contributed by atoms with van der Waals surface area (Å²) >= 11 is 0. The van der Waals surface area contributed by atoms with Gasteiger partial charge in [0, 0.05) is 1.43 Å². The van der Waals surface area contributed by atoms with E-state index in [1.807, 2.05) is 39.8 Å². The first-order valence-corrected chi connectivity index (χ1v) is 5.46. The van der Waals surface area contributed by atoms with E-state index in [-0.39, 0.29) is 25.5 Å². The van der Waals surface area contributed by atoms with E-state index in [9.17, 15) is 5.11 Å². The molecule has 0 unspecified atom stereocenters. The Morgan fingerprint density at radius 1 is 1.00 bits per heavy atom. The molecule has 1 N–H and O–H groups in total. The van der Waals surface area contributed by atoms with Gasteiger partial charge in [-0.05, 0) is 45.3 Å². The summed E-state index contributed by atoms with van der Waals surface area (Å²) in [6.45, 7) is 8.08. The molecule has 1 aromatic rings. The van der Waals surface area contributed by atoms with Gasteiger partial charge in [0.15, 0.2) is 0 Å². The van der Waals surface area contributed by atoms with Crippen molar-refractivity contribution in [1.29, 1.82) is 0 Å². The monoisotopic (exact) mass is 222 g/mol. The van der Waals surface area contributed by atoms with E-state index >= 15 is 0 Å². The highest BCUT2D eigenvalue weighted by Gasteiger charge is 2.51. The molecule has 1 aromatic carbocycles. The maximum absolute atomic E-state index is 9.22. The van der Waals surface area contributed by atoms with Crippen LogP contribution >= 0.6 is 0 Å². The molecule has 0 spiro atoms. The molecule has 0 bridgehead atoms. The Morgan fingerprint density at radius 2 is 1.44 bits per heavy atom. The molecule has 16 heavy (non-hydrogen) atoms. The van der Waals surface area contributed by atoms with Crippen LogP contribution in [0.15, 0.2) is 24.3 Å². The molecular weight excluding hydrogens is 203 g/mol. The van der Waals surface area contributed by atoms with Crippen LogP contribution in [-0.2, 0) is 9.31 Å². The van der Waals surface area contributed by atoms with Crippen molar-refractivity contribution >= 4 is 12.6 Å². The SMILES string of the molecule is CC1(C)OB(c2ccc(O)cc2)OC1(C)C.[HH]. The van der Waals surface area contributed by atoms with Crippen molar-refractivity contribution in [2.75, 3.05) is 0 Å². The third-order valence-corrected chi connectivity index (χ3v) is 3.42. The summed E-state index contributed by atoms with van der Waals surface area (Å²) in [5.74, 6) is 0.250. The topological polar surface area (TPSA) is 38.7 Å². The van der Waals surface area contributed by atoms with Gasteiger partial charge in [-0.15, -0.1) is 0 Å². The van der Waals surface area contributed by atoms with Crippen molar-refractivity contribution in [3.05, 3.63) is 24.3 Å². The first-order chi connectivity index (χ1) is 7.32. The van der Waals surface area contributed by atoms with E-state index in [2.05, 4.69) is 0 Å². The number of hydrogen-bond acceptors (Lipinski definition) is 3. The molecule has 0 aromatic heterocycles. The fourth-order valence-corrected chi connectivity index (χ4v) is 1.61. The fraction of sp³-hybridized carbons (Fsp3) is 0.500. The third kappa shape index (κ3) is 1.83. The van der Waals surface area contributed by atoms with Gasteiger partial charge in [0.05, 0.1) is 11.2 Å². The van der Waals surface area contributed by atoms with Crippen LogP contribution in [0.3, 0.4) is 0 Å². The lowest BCUT2D eigenvalue weighted by Gasteiger charge is -2.32. The molecular formula is C12H19BO3. The smallest absolute Gasteiger partial charge is 0.494 e. The van der Waals surface area contributed by atoms with E-state index in [1.165, 1.54) is 0 Å². The minimum absolute atomic E-state index is 0. The van der Waals surface area contributed by atoms with Gasteiger partial charge < -0.3 is 14.4 Å². The summed E-state index contributed by atoms with van der Waals surface area (Å²) < 4.78 is 11.8. The lowest BCUT2D eigenvalue weighted by molar-refractivity contribution is 0.00578. The Hall–Kier alpha value is -0.995. The fourth-order valence-electron chi connectivity index (χ4n) is 1.61. The van der Waals surface area contributed by atoms with E-state index in [0.717, 1.165) is 5.46 Å². The van der Waals surface area contributed by atoms with Crippen LogP contribution < -0.4 is 5.46 Å². The number of aromatic hydroxyl groups is 1. The number of rotatable bonds is 1. The van der Waals surface area contributed by atoms with Gasteiger partial charge in [-0.3, -0.25) is 0 Å². The summed E-state index contributed by atoms with van der Waals surface area (Å²) in [6, 6.07) is 6.91. The third-order valence-electron chi connectivity index (χ3n) is 3.42. The number of benzene rings is 1. The average molecular weight is 222 g/mol. The quantitative estimate of drug-likeness (QED) is 0.738. The average Bonchev–Trinajstić information content (AvgIpc) is 2.37. The second-order valence-electron chi connectivity index (χ2n) is 5.18. The van der Waals surface area contributed by atoms with Crippen molar-refractivity contribution in [1.82, 2.24) is 0 Å². The molecule has 1 saturated heterocycles. The van der Waals surface area contributed by atoms with Gasteiger partial charge in [0.2, 0.25) is 0 Å². The highest BCUT2D eigenvalue weighted by Crippen LogP contribution is 2.36. The summed E-state index contributed by atoms with van der Waals surface area (Å²) in [4.78, 5) is 0. The largest absolute Gasteiger partial charge is 0.508 e. The molecule has 0 saturated carbocycles. The second kappa shape index (κ2) is 3.50. The highest BCUT2D eigenvalue weighted by atomic mass is 16.7. The molecule has 1 fully saturated rings. The van der Waals surface area contributed by atoms with E-state index in [1.54, 1.807) is 12.1 Å². The van der Waals surface area contributed by atoms with Crippen molar-refractivity contribution < 1.29 is 15.8 Å². The molecule has 1 aliphatic heterocycles. The van der Waals surface area contributed by atoms with Crippen LogP contribution in [0.25, 0.3) is 0 Å². The first-order valence-electron chi connectivity index (χ1n) is 5.46. The van der Waals surface area contributed by atoms with Crippen molar-refractivity contribution in [2.24, 2.45) is 0 Å². The van der Waals surface area contributed by atoms with E-state index in [4.69, 9.17) is 9.31 Å². The van der Waals surface area contributed by atoms with Crippen LogP contribution in [0.1, 0.15) is 29.1 Å². The van der Waals surface area contributed by atoms with Gasteiger partial charge >= 0.3 is 7.12 Å². The van der Waals surface area contributed by atoms with E-state index in [0.29, 0.717) is 0 Å². The standard InChI is InChI=1S/C12H17BO3.H2/c1-11(2)12(3,4)16-13(15-11)9-5-7-10(14)8-6-9;/h5-8,14H,1-4H3;1H. The van der Waals surface area contributed by atoms with E-state index < -0.39 is 0 Å². The molecule has 3 nitrogen and oxygen atoms in total. The zero-order chi connectivity index (χ0) is 12.0. The Labute approximate surface area is 98.0 Å². The highest BCUT2D eigenvalue weighted by molar-refractivity contribution is 6.62. The normalized spacial score (nSPS) is 22.4. The Morgan fingerprint density at radius 3 is 1.88 bits per heavy atom. The zero-order valence-corrected chi connectivity index (χ0v) is 10.2. The molecule has 0 aliphatic carbocycles. The molecule has 0 amide bonds. The molecule has 2 rings (SSSR count). The van der Waals surface area contributed by atoms with Gasteiger partial charge in [0.25, 0.3) is 0 Å². The predicted octanol–water partition coefficient (Wildman–Crippen LogP) is 1.94. The summed E-state index contributed by atoms with van der Waals surface area (Å²) in [5.41, 5.74) is 0.280. The molecule has 0 radical (unpaired) electrons. The van der Waals surface area contributed by atoms with Crippen LogP contribution in [-0.4, -0.2) is 23.4 Å². The predicted molar refractivity (Wildman–Crippen MR) is 65.9 cm³/mol. The summed E-state index contributed by atoms with van der Waals surface area (Å²) in [7, 11) is -0.356. The molecule has 1 heterocycles. The maximum atomic E-state index is 9.22. The molecule has 0 atom stereocenters. The Bertz CT molecular complexity index is 373. The van der Waals surface area contributed by atoms with Gasteiger partial charge in [-0.2, -0.15) is 0 Å². The lowest BCUT2D eigenvalue weighted by atomic mass is 9.79. The van der Waals surface area contributed by atoms with Crippen molar-refractivity contribution in [3.8, 4) is 5.75 Å². The molecule has 4 heteroatoms. The number of phenolic OH excluding ortho intramolecular Hbond substituents is 1. The number of hydrogen-bond donors (Lipinski definition) is 1. The minimum atomic E-state index is -0.356. The first kappa shape index (κ1) is 11.5. The Balaban J connectivity index is 0.00000144. The van der Waals surface area contributed by atoms with Gasteiger partial charge in [-0.25, -0.2) is 0 Å². The summed E-state index contributed by atoms with van der Waals surface area (Å²) in [6.07, 6.45) is 0. The maximum Gasteiger partial charge on any atom is 0.494 e. The van der Waals surface area contributed by atoms with Crippen LogP contribution in [0.5, 0.6) is 5.75 Å². The molecule has 1 aliphatic rings. The van der Waals surface area contributed by atoms with Crippen molar-refractivity contribution in [3.63, 3.8) is 0 Å². The minimum Gasteiger partial charge on any atom is -0.508 e. The molecule has 88 valence electrons. The van der Waals surface area contributed by atoms with Gasteiger partial charge in [0.1, 0.15) is 5.75 Å². The van der Waals surface area contributed by atoms with Gasteiger partial charge in [-0.1, -0.05) is 12.1 Å². The Kier molecular flexibility index (Phi) is 2.52. The number of phenols is 1. The van der Waals surface area contributed by atoms with Crippen LogP contribution in [0, 0.1) is 0 Å². The zero-order valence-electron chi connectivity index (χ0n) is 10.2.